The molecular weight excluding hydrogens is 275 g/mol. The number of halogens is 3. The Balaban J connectivity index is 2.72. The number of alkyl halides is 3. The van der Waals surface area contributed by atoms with Gasteiger partial charge in [0.15, 0.2) is 0 Å². The van der Waals surface area contributed by atoms with Gasteiger partial charge in [0.05, 0.1) is 6.42 Å². The summed E-state index contributed by atoms with van der Waals surface area (Å²) < 4.78 is 37.2. The number of hydrogen-bond donors (Lipinski definition) is 1. The Bertz CT molecular complexity index is 362. The highest BCUT2D eigenvalue weighted by Crippen LogP contribution is 2.44. The Hall–Kier alpha value is -1.27. The molecule has 0 aliphatic heterocycles. The van der Waals surface area contributed by atoms with E-state index in [0.717, 1.165) is 17.7 Å². The van der Waals surface area contributed by atoms with E-state index in [0.29, 0.717) is 12.8 Å². The van der Waals surface area contributed by atoms with E-state index < -0.39 is 30.0 Å². The first kappa shape index (κ1) is 16.8. The van der Waals surface area contributed by atoms with Gasteiger partial charge in [-0.2, -0.15) is 13.2 Å². The van der Waals surface area contributed by atoms with Crippen LogP contribution >= 0.6 is 0 Å². The largest absolute Gasteiger partial charge is 0.481 e. The van der Waals surface area contributed by atoms with E-state index in [1.807, 2.05) is 0 Å². The molecule has 1 aliphatic carbocycles. The number of rotatable bonds is 6. The SMILES string of the molecule is CCN(CC(F)(F)F)C(=O)CC1(CC(=O)O)CCCC1. The fourth-order valence-electron chi connectivity index (χ4n) is 2.89. The molecule has 0 unspecified atom stereocenters. The molecule has 0 spiro atoms. The lowest BCUT2D eigenvalue weighted by Gasteiger charge is -2.30. The Kier molecular flexibility index (Phi) is 5.42. The number of amides is 1. The third-order valence-electron chi connectivity index (χ3n) is 3.82. The van der Waals surface area contributed by atoms with Crippen LogP contribution in [0, 0.1) is 5.41 Å². The molecule has 116 valence electrons. The van der Waals surface area contributed by atoms with Crippen molar-refractivity contribution >= 4 is 11.9 Å². The number of hydrogen-bond acceptors (Lipinski definition) is 2. The summed E-state index contributed by atoms with van der Waals surface area (Å²) >= 11 is 0. The topological polar surface area (TPSA) is 57.6 Å². The minimum absolute atomic E-state index is 0.0263. The fourth-order valence-corrected chi connectivity index (χ4v) is 2.89. The maximum Gasteiger partial charge on any atom is 0.406 e. The lowest BCUT2D eigenvalue weighted by atomic mass is 9.79. The molecule has 4 nitrogen and oxygen atoms in total. The van der Waals surface area contributed by atoms with E-state index in [9.17, 15) is 22.8 Å². The first-order valence-corrected chi connectivity index (χ1v) is 6.74. The van der Waals surface area contributed by atoms with Crippen LogP contribution in [0.4, 0.5) is 13.2 Å². The third-order valence-corrected chi connectivity index (χ3v) is 3.82. The molecular formula is C13H20F3NO3. The molecule has 0 atom stereocenters. The van der Waals surface area contributed by atoms with Gasteiger partial charge in [-0.15, -0.1) is 0 Å². The molecule has 7 heteroatoms. The quantitative estimate of drug-likeness (QED) is 0.819. The molecule has 0 saturated heterocycles. The molecule has 1 amide bonds. The van der Waals surface area contributed by atoms with Gasteiger partial charge in [0, 0.05) is 13.0 Å². The van der Waals surface area contributed by atoms with E-state index in [4.69, 9.17) is 5.11 Å². The van der Waals surface area contributed by atoms with Crippen LogP contribution in [-0.4, -0.2) is 41.1 Å². The first-order valence-electron chi connectivity index (χ1n) is 6.74. The number of carbonyl (C=O) groups excluding carboxylic acids is 1. The molecule has 0 aromatic carbocycles. The molecule has 0 bridgehead atoms. The van der Waals surface area contributed by atoms with Gasteiger partial charge in [-0.1, -0.05) is 12.8 Å². The molecule has 1 N–H and O–H groups in total. The van der Waals surface area contributed by atoms with Crippen LogP contribution in [0.5, 0.6) is 0 Å². The summed E-state index contributed by atoms with van der Waals surface area (Å²) in [6, 6.07) is 0. The molecule has 20 heavy (non-hydrogen) atoms. The van der Waals surface area contributed by atoms with Crippen molar-refractivity contribution in [2.45, 2.75) is 51.6 Å². The van der Waals surface area contributed by atoms with Crippen LogP contribution in [0.3, 0.4) is 0 Å². The van der Waals surface area contributed by atoms with Crippen molar-refractivity contribution in [2.24, 2.45) is 5.41 Å². The van der Waals surface area contributed by atoms with Gasteiger partial charge >= 0.3 is 12.1 Å². The highest BCUT2D eigenvalue weighted by Gasteiger charge is 2.40. The van der Waals surface area contributed by atoms with Crippen LogP contribution in [0.15, 0.2) is 0 Å². The van der Waals surface area contributed by atoms with Gasteiger partial charge < -0.3 is 10.0 Å². The molecule has 1 rings (SSSR count). The predicted octanol–water partition coefficient (Wildman–Crippen LogP) is 2.82. The Morgan fingerprint density at radius 3 is 2.15 bits per heavy atom. The molecule has 0 heterocycles. The smallest absolute Gasteiger partial charge is 0.406 e. The number of carboxylic acid groups (broad SMARTS) is 1. The molecule has 0 radical (unpaired) electrons. The highest BCUT2D eigenvalue weighted by molar-refractivity contribution is 5.78. The normalized spacial score (nSPS) is 18.0. The number of nitrogens with zero attached hydrogens (tertiary/aromatic N) is 1. The van der Waals surface area contributed by atoms with Gasteiger partial charge in [0.25, 0.3) is 0 Å². The average Bonchev–Trinajstić information content (AvgIpc) is 2.71. The van der Waals surface area contributed by atoms with Crippen molar-refractivity contribution in [3.05, 3.63) is 0 Å². The van der Waals surface area contributed by atoms with Gasteiger partial charge in [-0.25, -0.2) is 0 Å². The molecule has 0 aromatic rings. The minimum Gasteiger partial charge on any atom is -0.481 e. The number of carbonyl (C=O) groups is 2. The standard InChI is InChI=1S/C13H20F3NO3/c1-2-17(9-13(14,15)16)10(18)7-12(8-11(19)20)5-3-4-6-12/h2-9H2,1H3,(H,19,20). The zero-order valence-corrected chi connectivity index (χ0v) is 11.5. The monoisotopic (exact) mass is 295 g/mol. The van der Waals surface area contributed by atoms with Gasteiger partial charge in [0.1, 0.15) is 6.54 Å². The summed E-state index contributed by atoms with van der Waals surface area (Å²) in [7, 11) is 0. The highest BCUT2D eigenvalue weighted by atomic mass is 19.4. The second kappa shape index (κ2) is 6.45. The van der Waals surface area contributed by atoms with E-state index in [1.54, 1.807) is 0 Å². The lowest BCUT2D eigenvalue weighted by Crippen LogP contribution is -2.41. The number of carboxylic acids is 1. The lowest BCUT2D eigenvalue weighted by molar-refractivity contribution is -0.162. The van der Waals surface area contributed by atoms with E-state index >= 15 is 0 Å². The molecule has 1 fully saturated rings. The number of aliphatic carboxylic acids is 1. The van der Waals surface area contributed by atoms with Crippen LogP contribution < -0.4 is 0 Å². The Labute approximate surface area is 115 Å². The third kappa shape index (κ3) is 5.02. The summed E-state index contributed by atoms with van der Waals surface area (Å²) in [5, 5.41) is 8.93. The Morgan fingerprint density at radius 2 is 1.75 bits per heavy atom. The van der Waals surface area contributed by atoms with Crippen LogP contribution in [0.25, 0.3) is 0 Å². The van der Waals surface area contributed by atoms with Crippen molar-refractivity contribution in [1.29, 1.82) is 0 Å². The second-order valence-corrected chi connectivity index (χ2v) is 5.48. The van der Waals surface area contributed by atoms with Crippen molar-refractivity contribution in [3.8, 4) is 0 Å². The first-order chi connectivity index (χ1) is 9.17. The van der Waals surface area contributed by atoms with Crippen LogP contribution in [0.2, 0.25) is 0 Å². The van der Waals surface area contributed by atoms with E-state index in [2.05, 4.69) is 0 Å². The van der Waals surface area contributed by atoms with Crippen molar-refractivity contribution < 1.29 is 27.9 Å². The van der Waals surface area contributed by atoms with E-state index in [-0.39, 0.29) is 19.4 Å². The van der Waals surface area contributed by atoms with Gasteiger partial charge in [-0.05, 0) is 25.2 Å². The maximum absolute atomic E-state index is 12.4. The van der Waals surface area contributed by atoms with Gasteiger partial charge in [0.2, 0.25) is 5.91 Å². The summed E-state index contributed by atoms with van der Waals surface area (Å²) in [4.78, 5) is 23.7. The molecule has 1 aliphatic rings. The zero-order chi connectivity index (χ0) is 15.4. The second-order valence-electron chi connectivity index (χ2n) is 5.48. The summed E-state index contributed by atoms with van der Waals surface area (Å²) in [5.41, 5.74) is -0.665. The van der Waals surface area contributed by atoms with Crippen LogP contribution in [0.1, 0.15) is 45.4 Å². The Morgan fingerprint density at radius 1 is 1.20 bits per heavy atom. The summed E-state index contributed by atoms with van der Waals surface area (Å²) in [6.45, 7) is 0.190. The average molecular weight is 295 g/mol. The zero-order valence-electron chi connectivity index (χ0n) is 11.5. The van der Waals surface area contributed by atoms with E-state index in [1.165, 1.54) is 6.92 Å². The maximum atomic E-state index is 12.4. The summed E-state index contributed by atoms with van der Waals surface area (Å²) in [5.74, 6) is -1.61. The van der Waals surface area contributed by atoms with Gasteiger partial charge in [-0.3, -0.25) is 9.59 Å². The van der Waals surface area contributed by atoms with Crippen molar-refractivity contribution in [2.75, 3.05) is 13.1 Å². The predicted molar refractivity (Wildman–Crippen MR) is 66.1 cm³/mol. The van der Waals surface area contributed by atoms with Crippen LogP contribution in [-0.2, 0) is 9.59 Å². The fraction of sp³-hybridized carbons (Fsp3) is 0.846. The minimum atomic E-state index is -4.43. The van der Waals surface area contributed by atoms with Crippen molar-refractivity contribution in [1.82, 2.24) is 4.90 Å². The molecule has 1 saturated carbocycles. The molecule has 0 aromatic heterocycles. The van der Waals surface area contributed by atoms with Crippen molar-refractivity contribution in [3.63, 3.8) is 0 Å². The summed E-state index contributed by atoms with van der Waals surface area (Å²) in [6.07, 6.45) is -1.85.